The first-order valence-electron chi connectivity index (χ1n) is 8.80. The highest BCUT2D eigenvalue weighted by atomic mass is 16.6. The Labute approximate surface area is 164 Å². The van der Waals surface area contributed by atoms with Crippen LogP contribution < -0.4 is 16.0 Å². The molecule has 0 saturated carbocycles. The van der Waals surface area contributed by atoms with Gasteiger partial charge in [0.05, 0.1) is 5.56 Å². The third kappa shape index (κ3) is 8.52. The lowest BCUT2D eigenvalue weighted by Gasteiger charge is -2.19. The highest BCUT2D eigenvalue weighted by Crippen LogP contribution is 2.15. The van der Waals surface area contributed by atoms with Gasteiger partial charge in [-0.2, -0.15) is 0 Å². The van der Waals surface area contributed by atoms with Gasteiger partial charge in [-0.3, -0.25) is 15.4 Å². The first-order valence-corrected chi connectivity index (χ1v) is 8.80. The predicted octanol–water partition coefficient (Wildman–Crippen LogP) is 2.81. The molecule has 1 rings (SSSR count). The van der Waals surface area contributed by atoms with Crippen LogP contribution in [0.2, 0.25) is 0 Å². The summed E-state index contributed by atoms with van der Waals surface area (Å²) in [7, 11) is 0. The molecule has 1 aromatic carbocycles. The Kier molecular flexibility index (Phi) is 7.97. The van der Waals surface area contributed by atoms with Crippen molar-refractivity contribution < 1.29 is 28.7 Å². The highest BCUT2D eigenvalue weighted by molar-refractivity contribution is 5.99. The quantitative estimate of drug-likeness (QED) is 0.661. The van der Waals surface area contributed by atoms with Gasteiger partial charge in [0.1, 0.15) is 5.60 Å². The Morgan fingerprint density at radius 3 is 2.25 bits per heavy atom. The molecular weight excluding hydrogens is 366 g/mol. The molecule has 0 aliphatic carbocycles. The average molecular weight is 393 g/mol. The fourth-order valence-electron chi connectivity index (χ4n) is 1.94. The Morgan fingerprint density at radius 1 is 1.04 bits per heavy atom. The second kappa shape index (κ2) is 9.72. The molecule has 28 heavy (non-hydrogen) atoms. The van der Waals surface area contributed by atoms with E-state index in [1.807, 2.05) is 0 Å². The van der Waals surface area contributed by atoms with Crippen LogP contribution in [0.15, 0.2) is 24.3 Å². The van der Waals surface area contributed by atoms with Gasteiger partial charge in [-0.1, -0.05) is 6.07 Å². The van der Waals surface area contributed by atoms with E-state index in [0.717, 1.165) is 0 Å². The van der Waals surface area contributed by atoms with E-state index in [1.165, 1.54) is 19.1 Å². The topological polar surface area (TPSA) is 123 Å². The molecule has 0 unspecified atom stereocenters. The summed E-state index contributed by atoms with van der Waals surface area (Å²) in [6.07, 6.45) is -1.85. The van der Waals surface area contributed by atoms with E-state index in [0.29, 0.717) is 5.69 Å². The molecule has 0 saturated heterocycles. The van der Waals surface area contributed by atoms with Crippen LogP contribution in [0.25, 0.3) is 0 Å². The zero-order valence-corrected chi connectivity index (χ0v) is 16.9. The molecule has 0 radical (unpaired) electrons. The number of esters is 1. The number of hydrogen-bond acceptors (Lipinski definition) is 6. The lowest BCUT2D eigenvalue weighted by atomic mass is 10.2. The number of ether oxygens (including phenoxy) is 2. The number of imide groups is 1. The van der Waals surface area contributed by atoms with Crippen LogP contribution in [-0.4, -0.2) is 41.7 Å². The maximum Gasteiger partial charge on any atom is 0.412 e. The number of carbonyl (C=O) groups excluding carboxylic acids is 4. The molecule has 0 spiro atoms. The number of urea groups is 1. The van der Waals surface area contributed by atoms with Crippen LogP contribution in [0.4, 0.5) is 15.3 Å². The van der Waals surface area contributed by atoms with Crippen LogP contribution in [0.1, 0.15) is 51.9 Å². The predicted molar refractivity (Wildman–Crippen MR) is 103 cm³/mol. The number of hydrogen-bond donors (Lipinski definition) is 3. The minimum absolute atomic E-state index is 0.125. The number of anilines is 1. The number of benzene rings is 1. The average Bonchev–Trinajstić information content (AvgIpc) is 2.52. The van der Waals surface area contributed by atoms with Crippen molar-refractivity contribution in [2.24, 2.45) is 0 Å². The van der Waals surface area contributed by atoms with Crippen LogP contribution >= 0.6 is 0 Å². The van der Waals surface area contributed by atoms with Crippen LogP contribution in [0, 0.1) is 0 Å². The molecule has 154 valence electrons. The van der Waals surface area contributed by atoms with Crippen molar-refractivity contribution in [1.29, 1.82) is 0 Å². The molecule has 4 amide bonds. The number of nitrogens with one attached hydrogen (secondary N) is 3. The Hall–Kier alpha value is -3.10. The standard InChI is InChI=1S/C19H27N3O6/c1-11(2)20-17(25)22-15(23)12(3)27-16(24)13-8-7-9-14(10-13)21-18(26)28-19(4,5)6/h7-12H,1-6H3,(H,21,26)(H2,20,22,23,25)/t12-/m1/s1. The summed E-state index contributed by atoms with van der Waals surface area (Å²) in [5, 5.41) is 7.09. The molecule has 9 nitrogen and oxygen atoms in total. The summed E-state index contributed by atoms with van der Waals surface area (Å²) in [4.78, 5) is 47.5. The normalized spacial score (nSPS) is 12.0. The largest absolute Gasteiger partial charge is 0.449 e. The summed E-state index contributed by atoms with van der Waals surface area (Å²) < 4.78 is 10.2. The summed E-state index contributed by atoms with van der Waals surface area (Å²) in [5.41, 5.74) is -0.206. The third-order valence-corrected chi connectivity index (χ3v) is 3.05. The third-order valence-electron chi connectivity index (χ3n) is 3.05. The van der Waals surface area contributed by atoms with E-state index in [-0.39, 0.29) is 11.6 Å². The van der Waals surface area contributed by atoms with Crippen LogP contribution in [0.5, 0.6) is 0 Å². The zero-order valence-electron chi connectivity index (χ0n) is 16.9. The lowest BCUT2D eigenvalue weighted by Crippen LogP contribution is -2.46. The number of amides is 4. The Balaban J connectivity index is 2.68. The fraction of sp³-hybridized carbons (Fsp3) is 0.474. The molecule has 3 N–H and O–H groups in total. The molecule has 0 aliphatic rings. The van der Waals surface area contributed by atoms with E-state index < -0.39 is 35.7 Å². The Morgan fingerprint density at radius 2 is 1.68 bits per heavy atom. The molecule has 1 aromatic rings. The summed E-state index contributed by atoms with van der Waals surface area (Å²) in [6, 6.07) is 5.16. The zero-order chi connectivity index (χ0) is 21.5. The van der Waals surface area contributed by atoms with Gasteiger partial charge in [0.15, 0.2) is 6.10 Å². The van der Waals surface area contributed by atoms with E-state index in [9.17, 15) is 19.2 Å². The van der Waals surface area contributed by atoms with Crippen molar-refractivity contribution >= 4 is 29.7 Å². The van der Waals surface area contributed by atoms with Gasteiger partial charge in [-0.25, -0.2) is 14.4 Å². The van der Waals surface area contributed by atoms with Gasteiger partial charge in [-0.05, 0) is 59.7 Å². The first kappa shape index (κ1) is 22.9. The van der Waals surface area contributed by atoms with Gasteiger partial charge in [0, 0.05) is 11.7 Å². The second-order valence-corrected chi connectivity index (χ2v) is 7.37. The smallest absolute Gasteiger partial charge is 0.412 e. The SMILES string of the molecule is CC(C)NC(=O)NC(=O)[C@@H](C)OC(=O)c1cccc(NC(=O)OC(C)(C)C)c1. The molecule has 0 heterocycles. The highest BCUT2D eigenvalue weighted by Gasteiger charge is 2.22. The fourth-order valence-corrected chi connectivity index (χ4v) is 1.94. The van der Waals surface area contributed by atoms with Gasteiger partial charge >= 0.3 is 18.1 Å². The molecule has 9 heteroatoms. The monoisotopic (exact) mass is 393 g/mol. The van der Waals surface area contributed by atoms with E-state index >= 15 is 0 Å². The van der Waals surface area contributed by atoms with Crippen molar-refractivity contribution in [1.82, 2.24) is 10.6 Å². The van der Waals surface area contributed by atoms with Gasteiger partial charge < -0.3 is 14.8 Å². The summed E-state index contributed by atoms with van der Waals surface area (Å²) in [6.45, 7) is 10.0. The van der Waals surface area contributed by atoms with E-state index in [4.69, 9.17) is 9.47 Å². The lowest BCUT2D eigenvalue weighted by molar-refractivity contribution is -0.127. The van der Waals surface area contributed by atoms with Crippen molar-refractivity contribution in [3.05, 3.63) is 29.8 Å². The molecular formula is C19H27N3O6. The molecule has 1 atom stereocenters. The maximum absolute atomic E-state index is 12.2. The van der Waals surface area contributed by atoms with Crippen molar-refractivity contribution in [3.8, 4) is 0 Å². The summed E-state index contributed by atoms with van der Waals surface area (Å²) in [5.74, 6) is -1.53. The molecule has 0 bridgehead atoms. The van der Waals surface area contributed by atoms with Crippen molar-refractivity contribution in [2.75, 3.05) is 5.32 Å². The first-order chi connectivity index (χ1) is 12.9. The molecule has 0 aromatic heterocycles. The molecule has 0 aliphatic heterocycles. The van der Waals surface area contributed by atoms with Crippen molar-refractivity contribution in [3.63, 3.8) is 0 Å². The number of carbonyl (C=O) groups is 4. The minimum Gasteiger partial charge on any atom is -0.449 e. The van der Waals surface area contributed by atoms with E-state index in [2.05, 4.69) is 16.0 Å². The summed E-state index contributed by atoms with van der Waals surface area (Å²) >= 11 is 0. The second-order valence-electron chi connectivity index (χ2n) is 7.37. The van der Waals surface area contributed by atoms with Gasteiger partial charge in [0.2, 0.25) is 0 Å². The maximum atomic E-state index is 12.2. The van der Waals surface area contributed by atoms with E-state index in [1.54, 1.807) is 46.8 Å². The Bertz CT molecular complexity index is 739. The minimum atomic E-state index is -1.19. The van der Waals surface area contributed by atoms with Gasteiger partial charge in [0.25, 0.3) is 5.91 Å². The van der Waals surface area contributed by atoms with Crippen LogP contribution in [-0.2, 0) is 14.3 Å². The van der Waals surface area contributed by atoms with Crippen LogP contribution in [0.3, 0.4) is 0 Å². The number of rotatable bonds is 5. The molecule has 0 fully saturated rings. The van der Waals surface area contributed by atoms with Crippen molar-refractivity contribution in [2.45, 2.75) is 59.3 Å². The van der Waals surface area contributed by atoms with Gasteiger partial charge in [-0.15, -0.1) is 0 Å².